The van der Waals surface area contributed by atoms with Gasteiger partial charge >= 0.3 is 0 Å². The Hall–Kier alpha value is -1.65. The lowest BCUT2D eigenvalue weighted by Crippen LogP contribution is -2.09. The highest BCUT2D eigenvalue weighted by molar-refractivity contribution is 9.10. The van der Waals surface area contributed by atoms with Crippen LogP contribution in [0.25, 0.3) is 21.9 Å². The minimum Gasteiger partial charge on any atom is -0.329 e. The van der Waals surface area contributed by atoms with Gasteiger partial charge in [0, 0.05) is 22.8 Å². The van der Waals surface area contributed by atoms with E-state index in [1.54, 1.807) is 0 Å². The molecule has 1 aromatic heterocycles. The molecule has 3 rings (SSSR count). The Morgan fingerprint density at radius 1 is 1.05 bits per heavy atom. The topological polar surface area (TPSA) is 43.8 Å². The first-order valence-electron chi connectivity index (χ1n) is 6.18. The van der Waals surface area contributed by atoms with Crippen molar-refractivity contribution in [1.82, 2.24) is 9.78 Å². The second kappa shape index (κ2) is 5.15. The normalized spacial score (nSPS) is 11.1. The van der Waals surface area contributed by atoms with E-state index in [0.717, 1.165) is 16.6 Å². The molecule has 0 saturated heterocycles. The summed E-state index contributed by atoms with van der Waals surface area (Å²) >= 11 is 3.49. The van der Waals surface area contributed by atoms with Gasteiger partial charge in [0.25, 0.3) is 0 Å². The predicted octanol–water partition coefficient (Wildman–Crippen LogP) is 3.42. The molecule has 0 spiro atoms. The van der Waals surface area contributed by atoms with Crippen LogP contribution < -0.4 is 5.73 Å². The lowest BCUT2D eigenvalue weighted by atomic mass is 10.0. The molecule has 0 aliphatic heterocycles. The largest absolute Gasteiger partial charge is 0.329 e. The third-order valence-electron chi connectivity index (χ3n) is 3.13. The van der Waals surface area contributed by atoms with Crippen LogP contribution in [-0.4, -0.2) is 16.3 Å². The number of fused-ring (bicyclic) bond motifs is 1. The van der Waals surface area contributed by atoms with Crippen LogP contribution in [0.3, 0.4) is 0 Å². The summed E-state index contributed by atoms with van der Waals surface area (Å²) in [6.07, 6.45) is 3.92. The molecular weight excluding hydrogens is 302 g/mol. The number of rotatable bonds is 3. The molecular formula is C15H14BrN3. The molecule has 2 N–H and O–H groups in total. The average molecular weight is 316 g/mol. The maximum absolute atomic E-state index is 5.53. The summed E-state index contributed by atoms with van der Waals surface area (Å²) in [6.45, 7) is 1.35. The highest BCUT2D eigenvalue weighted by Gasteiger charge is 2.03. The van der Waals surface area contributed by atoms with Crippen molar-refractivity contribution in [2.45, 2.75) is 6.54 Å². The molecule has 0 fully saturated rings. The molecule has 0 unspecified atom stereocenters. The lowest BCUT2D eigenvalue weighted by Gasteiger charge is -2.02. The van der Waals surface area contributed by atoms with Crippen LogP contribution in [-0.2, 0) is 6.54 Å². The Kier molecular flexibility index (Phi) is 3.36. The van der Waals surface area contributed by atoms with Crippen molar-refractivity contribution in [1.29, 1.82) is 0 Å². The molecule has 3 aromatic rings. The summed E-state index contributed by atoms with van der Waals surface area (Å²) in [6, 6.07) is 12.7. The SMILES string of the molecule is NCCn1cc(-c2ccc3cc(Br)ccc3c2)cn1. The number of nitrogens with zero attached hydrogens (tertiary/aromatic N) is 2. The fraction of sp³-hybridized carbons (Fsp3) is 0.133. The van der Waals surface area contributed by atoms with E-state index in [9.17, 15) is 0 Å². The van der Waals surface area contributed by atoms with Gasteiger partial charge in [-0.3, -0.25) is 4.68 Å². The van der Waals surface area contributed by atoms with Crippen molar-refractivity contribution < 1.29 is 0 Å². The zero-order valence-corrected chi connectivity index (χ0v) is 12.0. The van der Waals surface area contributed by atoms with Gasteiger partial charge in [-0.1, -0.05) is 34.1 Å². The summed E-state index contributed by atoms with van der Waals surface area (Å²) < 4.78 is 2.98. The number of nitrogens with two attached hydrogens (primary N) is 1. The van der Waals surface area contributed by atoms with Gasteiger partial charge in [0.1, 0.15) is 0 Å². The van der Waals surface area contributed by atoms with Crippen LogP contribution in [0.4, 0.5) is 0 Å². The first kappa shape index (κ1) is 12.4. The summed E-state index contributed by atoms with van der Waals surface area (Å²) in [7, 11) is 0. The molecule has 0 amide bonds. The highest BCUT2D eigenvalue weighted by Crippen LogP contribution is 2.26. The molecule has 0 atom stereocenters. The number of benzene rings is 2. The quantitative estimate of drug-likeness (QED) is 0.804. The van der Waals surface area contributed by atoms with Crippen molar-refractivity contribution in [3.63, 3.8) is 0 Å². The second-order valence-corrected chi connectivity index (χ2v) is 5.40. The van der Waals surface area contributed by atoms with Crippen LogP contribution in [0.15, 0.2) is 53.3 Å². The third-order valence-corrected chi connectivity index (χ3v) is 3.62. The Morgan fingerprint density at radius 2 is 1.84 bits per heavy atom. The van der Waals surface area contributed by atoms with Gasteiger partial charge in [-0.2, -0.15) is 5.10 Å². The van der Waals surface area contributed by atoms with Crippen LogP contribution in [0.1, 0.15) is 0 Å². The summed E-state index contributed by atoms with van der Waals surface area (Å²) in [4.78, 5) is 0. The molecule has 0 aliphatic carbocycles. The van der Waals surface area contributed by atoms with Gasteiger partial charge in [-0.05, 0) is 34.5 Å². The van der Waals surface area contributed by atoms with Crippen molar-refractivity contribution >= 4 is 26.7 Å². The van der Waals surface area contributed by atoms with Crippen molar-refractivity contribution in [3.05, 3.63) is 53.3 Å². The standard InChI is InChI=1S/C15H14BrN3/c16-15-4-3-11-7-12(1-2-13(11)8-15)14-9-18-19(10-14)6-5-17/h1-4,7-10H,5-6,17H2. The van der Waals surface area contributed by atoms with Gasteiger partial charge in [0.2, 0.25) is 0 Å². The monoisotopic (exact) mass is 315 g/mol. The molecule has 19 heavy (non-hydrogen) atoms. The molecule has 2 aromatic carbocycles. The van der Waals surface area contributed by atoms with Crippen molar-refractivity contribution in [2.75, 3.05) is 6.54 Å². The summed E-state index contributed by atoms with van der Waals surface area (Å²) in [5.74, 6) is 0. The van der Waals surface area contributed by atoms with Crippen molar-refractivity contribution in [3.8, 4) is 11.1 Å². The lowest BCUT2D eigenvalue weighted by molar-refractivity contribution is 0.625. The Morgan fingerprint density at radius 3 is 2.68 bits per heavy atom. The first-order valence-corrected chi connectivity index (χ1v) is 6.98. The molecule has 0 aliphatic rings. The Bertz CT molecular complexity index is 718. The fourth-order valence-electron chi connectivity index (χ4n) is 2.16. The maximum Gasteiger partial charge on any atom is 0.0568 e. The summed E-state index contributed by atoms with van der Waals surface area (Å²) in [5, 5.41) is 6.76. The van der Waals surface area contributed by atoms with Gasteiger partial charge in [-0.25, -0.2) is 0 Å². The highest BCUT2D eigenvalue weighted by atomic mass is 79.9. The molecule has 96 valence electrons. The minimum atomic E-state index is 0.604. The molecule has 3 nitrogen and oxygen atoms in total. The van der Waals surface area contributed by atoms with Gasteiger partial charge < -0.3 is 5.73 Å². The molecule has 0 saturated carbocycles. The second-order valence-electron chi connectivity index (χ2n) is 4.49. The first-order chi connectivity index (χ1) is 9.26. The Labute approximate surface area is 120 Å². The van der Waals surface area contributed by atoms with Gasteiger partial charge in [0.15, 0.2) is 0 Å². The predicted molar refractivity (Wildman–Crippen MR) is 81.9 cm³/mol. The van der Waals surface area contributed by atoms with E-state index >= 15 is 0 Å². The van der Waals surface area contributed by atoms with E-state index in [-0.39, 0.29) is 0 Å². The van der Waals surface area contributed by atoms with E-state index in [1.165, 1.54) is 16.3 Å². The smallest absolute Gasteiger partial charge is 0.0568 e. The van der Waals surface area contributed by atoms with E-state index in [4.69, 9.17) is 5.73 Å². The van der Waals surface area contributed by atoms with E-state index < -0.39 is 0 Å². The van der Waals surface area contributed by atoms with E-state index in [0.29, 0.717) is 6.54 Å². The zero-order valence-electron chi connectivity index (χ0n) is 10.4. The molecule has 1 heterocycles. The van der Waals surface area contributed by atoms with Crippen molar-refractivity contribution in [2.24, 2.45) is 5.73 Å². The maximum atomic E-state index is 5.53. The van der Waals surface area contributed by atoms with Crippen LogP contribution >= 0.6 is 15.9 Å². The minimum absolute atomic E-state index is 0.604. The van der Waals surface area contributed by atoms with Crippen LogP contribution in [0.5, 0.6) is 0 Å². The van der Waals surface area contributed by atoms with E-state index in [1.807, 2.05) is 17.1 Å². The summed E-state index contributed by atoms with van der Waals surface area (Å²) in [5.41, 5.74) is 7.83. The number of hydrogen-bond acceptors (Lipinski definition) is 2. The molecule has 0 radical (unpaired) electrons. The number of halogens is 1. The van der Waals surface area contributed by atoms with Crippen LogP contribution in [0.2, 0.25) is 0 Å². The zero-order chi connectivity index (χ0) is 13.2. The van der Waals surface area contributed by atoms with Gasteiger partial charge in [-0.15, -0.1) is 0 Å². The number of aromatic nitrogens is 2. The molecule has 4 heteroatoms. The fourth-order valence-corrected chi connectivity index (χ4v) is 2.54. The Balaban J connectivity index is 2.02. The van der Waals surface area contributed by atoms with Gasteiger partial charge in [0.05, 0.1) is 12.7 Å². The third kappa shape index (κ3) is 2.55. The number of hydrogen-bond donors (Lipinski definition) is 1. The van der Waals surface area contributed by atoms with E-state index in [2.05, 4.69) is 57.4 Å². The average Bonchev–Trinajstić information content (AvgIpc) is 2.87. The molecule has 0 bridgehead atoms. The van der Waals surface area contributed by atoms with Crippen LogP contribution in [0, 0.1) is 0 Å².